The summed E-state index contributed by atoms with van der Waals surface area (Å²) < 4.78 is 5.48. The van der Waals surface area contributed by atoms with Crippen LogP contribution >= 0.6 is 0 Å². The molecule has 0 radical (unpaired) electrons. The SMILES string of the molecule is O=C(COc1ccc(/C=N/NC(=O)CC(=O)NCc2cccnc2)cc1)NCc1ccccc1. The predicted octanol–water partition coefficient (Wildman–Crippen LogP) is 1.93. The van der Waals surface area contributed by atoms with E-state index in [0.29, 0.717) is 24.4 Å². The molecule has 0 aliphatic carbocycles. The van der Waals surface area contributed by atoms with Crippen LogP contribution in [0.15, 0.2) is 84.2 Å². The zero-order chi connectivity index (χ0) is 24.0. The van der Waals surface area contributed by atoms with Crippen LogP contribution in [0.1, 0.15) is 23.1 Å². The molecule has 3 aromatic rings. The Hall–Kier alpha value is -4.53. The molecule has 3 amide bonds. The normalized spacial score (nSPS) is 10.5. The number of hydrogen-bond acceptors (Lipinski definition) is 6. The molecule has 1 aromatic heterocycles. The molecule has 0 saturated heterocycles. The highest BCUT2D eigenvalue weighted by atomic mass is 16.5. The largest absolute Gasteiger partial charge is 0.484 e. The van der Waals surface area contributed by atoms with Gasteiger partial charge in [-0.2, -0.15) is 5.10 Å². The fraction of sp³-hybridized carbons (Fsp3) is 0.160. The Morgan fingerprint density at radius 3 is 2.26 bits per heavy atom. The molecule has 9 heteroatoms. The number of aromatic nitrogens is 1. The van der Waals surface area contributed by atoms with Crippen molar-refractivity contribution in [2.45, 2.75) is 19.5 Å². The van der Waals surface area contributed by atoms with Crippen LogP contribution in [0.5, 0.6) is 5.75 Å². The van der Waals surface area contributed by atoms with Crippen LogP contribution < -0.4 is 20.8 Å². The van der Waals surface area contributed by atoms with Gasteiger partial charge in [0.25, 0.3) is 5.91 Å². The lowest BCUT2D eigenvalue weighted by Crippen LogP contribution is -2.29. The first-order valence-corrected chi connectivity index (χ1v) is 10.6. The number of carbonyl (C=O) groups is 3. The molecule has 3 N–H and O–H groups in total. The van der Waals surface area contributed by atoms with Crippen molar-refractivity contribution >= 4 is 23.9 Å². The molecule has 0 aliphatic heterocycles. The number of pyridine rings is 1. The van der Waals surface area contributed by atoms with E-state index in [2.05, 4.69) is 26.1 Å². The maximum atomic E-state index is 11.9. The summed E-state index contributed by atoms with van der Waals surface area (Å²) in [5.74, 6) is -0.629. The Balaban J connectivity index is 1.33. The number of nitrogens with one attached hydrogen (secondary N) is 3. The van der Waals surface area contributed by atoms with Crippen LogP contribution in [-0.4, -0.2) is 35.5 Å². The van der Waals surface area contributed by atoms with E-state index in [0.717, 1.165) is 11.1 Å². The fourth-order valence-corrected chi connectivity index (χ4v) is 2.78. The molecule has 3 rings (SSSR count). The van der Waals surface area contributed by atoms with E-state index in [-0.39, 0.29) is 18.9 Å². The molecule has 0 spiro atoms. The van der Waals surface area contributed by atoms with Crippen LogP contribution in [-0.2, 0) is 27.5 Å². The molecule has 174 valence electrons. The lowest BCUT2D eigenvalue weighted by atomic mass is 10.2. The van der Waals surface area contributed by atoms with E-state index in [1.165, 1.54) is 6.21 Å². The van der Waals surface area contributed by atoms with E-state index in [4.69, 9.17) is 4.74 Å². The van der Waals surface area contributed by atoms with Crippen LogP contribution in [0.3, 0.4) is 0 Å². The van der Waals surface area contributed by atoms with Gasteiger partial charge in [0, 0.05) is 25.5 Å². The minimum atomic E-state index is -0.526. The van der Waals surface area contributed by atoms with E-state index < -0.39 is 11.8 Å². The second kappa shape index (κ2) is 13.1. The molecular weight excluding hydrogens is 434 g/mol. The molecule has 0 bridgehead atoms. The van der Waals surface area contributed by atoms with Crippen molar-refractivity contribution in [2.24, 2.45) is 5.10 Å². The first-order valence-electron chi connectivity index (χ1n) is 10.6. The van der Waals surface area contributed by atoms with Crippen molar-refractivity contribution in [3.05, 3.63) is 95.8 Å². The molecule has 0 unspecified atom stereocenters. The first-order chi connectivity index (χ1) is 16.6. The third-order valence-corrected chi connectivity index (χ3v) is 4.52. The van der Waals surface area contributed by atoms with Crippen molar-refractivity contribution in [2.75, 3.05) is 6.61 Å². The van der Waals surface area contributed by atoms with Gasteiger partial charge in [-0.1, -0.05) is 36.4 Å². The zero-order valence-electron chi connectivity index (χ0n) is 18.4. The number of rotatable bonds is 11. The van der Waals surface area contributed by atoms with Gasteiger partial charge < -0.3 is 15.4 Å². The van der Waals surface area contributed by atoms with Crippen LogP contribution in [0.25, 0.3) is 0 Å². The Bertz CT molecular complexity index is 1100. The van der Waals surface area contributed by atoms with Crippen molar-refractivity contribution in [3.8, 4) is 5.75 Å². The maximum absolute atomic E-state index is 11.9. The molecule has 0 atom stereocenters. The highest BCUT2D eigenvalue weighted by Gasteiger charge is 2.08. The third kappa shape index (κ3) is 8.91. The zero-order valence-corrected chi connectivity index (χ0v) is 18.4. The van der Waals surface area contributed by atoms with Gasteiger partial charge in [0.15, 0.2) is 6.61 Å². The molecule has 0 aliphatic rings. The van der Waals surface area contributed by atoms with Crippen molar-refractivity contribution in [1.82, 2.24) is 21.0 Å². The number of nitrogens with zero attached hydrogens (tertiary/aromatic N) is 2. The van der Waals surface area contributed by atoms with Gasteiger partial charge in [0.2, 0.25) is 11.8 Å². The Labute approximate surface area is 197 Å². The molecular formula is C25H25N5O4. The van der Waals surface area contributed by atoms with E-state index in [1.54, 1.807) is 42.7 Å². The second-order valence-electron chi connectivity index (χ2n) is 7.23. The van der Waals surface area contributed by atoms with Crippen molar-refractivity contribution in [3.63, 3.8) is 0 Å². The summed E-state index contributed by atoms with van der Waals surface area (Å²) in [7, 11) is 0. The Morgan fingerprint density at radius 1 is 0.824 bits per heavy atom. The lowest BCUT2D eigenvalue weighted by Gasteiger charge is -2.08. The average Bonchev–Trinajstić information content (AvgIpc) is 2.87. The van der Waals surface area contributed by atoms with Crippen LogP contribution in [0, 0.1) is 0 Å². The smallest absolute Gasteiger partial charge is 0.258 e. The van der Waals surface area contributed by atoms with Crippen molar-refractivity contribution in [1.29, 1.82) is 0 Å². The van der Waals surface area contributed by atoms with Gasteiger partial charge in [-0.05, 0) is 47.0 Å². The summed E-state index contributed by atoms with van der Waals surface area (Å²) in [4.78, 5) is 39.6. The van der Waals surface area contributed by atoms with Gasteiger partial charge >= 0.3 is 0 Å². The fourth-order valence-electron chi connectivity index (χ4n) is 2.78. The molecule has 1 heterocycles. The number of hydrazone groups is 1. The molecule has 0 saturated carbocycles. The molecule has 2 aromatic carbocycles. The van der Waals surface area contributed by atoms with E-state index in [1.807, 2.05) is 36.4 Å². The number of amides is 3. The summed E-state index contributed by atoms with van der Waals surface area (Å²) in [6.07, 6.45) is 4.39. The van der Waals surface area contributed by atoms with Gasteiger partial charge in [-0.25, -0.2) is 5.43 Å². The maximum Gasteiger partial charge on any atom is 0.258 e. The van der Waals surface area contributed by atoms with Gasteiger partial charge in [-0.3, -0.25) is 19.4 Å². The first kappa shape index (κ1) is 24.1. The molecule has 0 fully saturated rings. The second-order valence-corrected chi connectivity index (χ2v) is 7.23. The number of carbonyl (C=O) groups excluding carboxylic acids is 3. The summed E-state index contributed by atoms with van der Waals surface area (Å²) in [5, 5.41) is 9.29. The van der Waals surface area contributed by atoms with Gasteiger partial charge in [-0.15, -0.1) is 0 Å². The minimum Gasteiger partial charge on any atom is -0.484 e. The van der Waals surface area contributed by atoms with E-state index in [9.17, 15) is 14.4 Å². The van der Waals surface area contributed by atoms with Crippen molar-refractivity contribution < 1.29 is 19.1 Å². The topological polar surface area (TPSA) is 122 Å². The number of benzene rings is 2. The Kier molecular flexibility index (Phi) is 9.31. The highest BCUT2D eigenvalue weighted by Crippen LogP contribution is 2.11. The van der Waals surface area contributed by atoms with E-state index >= 15 is 0 Å². The van der Waals surface area contributed by atoms with Crippen LogP contribution in [0.2, 0.25) is 0 Å². The summed E-state index contributed by atoms with van der Waals surface area (Å²) >= 11 is 0. The number of hydrogen-bond donors (Lipinski definition) is 3. The lowest BCUT2D eigenvalue weighted by molar-refractivity contribution is -0.129. The predicted molar refractivity (Wildman–Crippen MR) is 127 cm³/mol. The molecule has 9 nitrogen and oxygen atoms in total. The standard InChI is InChI=1S/C25H25N5O4/c31-23(27-16-21-7-4-12-26-14-21)13-24(32)30-29-17-20-8-10-22(11-9-20)34-18-25(33)28-15-19-5-2-1-3-6-19/h1-12,14,17H,13,15-16,18H2,(H,27,31)(H,28,33)(H,30,32)/b29-17+. The van der Waals surface area contributed by atoms with Gasteiger partial charge in [0.1, 0.15) is 12.2 Å². The summed E-state index contributed by atoms with van der Waals surface area (Å²) in [5.41, 5.74) is 4.88. The van der Waals surface area contributed by atoms with Crippen LogP contribution in [0.4, 0.5) is 0 Å². The average molecular weight is 460 g/mol. The summed E-state index contributed by atoms with van der Waals surface area (Å²) in [6, 6.07) is 20.1. The Morgan fingerprint density at radius 2 is 1.53 bits per heavy atom. The summed E-state index contributed by atoms with van der Waals surface area (Å²) in [6.45, 7) is 0.641. The molecule has 34 heavy (non-hydrogen) atoms. The van der Waals surface area contributed by atoms with Gasteiger partial charge in [0.05, 0.1) is 6.21 Å². The highest BCUT2D eigenvalue weighted by molar-refractivity contribution is 5.97. The quantitative estimate of drug-likeness (QED) is 0.230. The third-order valence-electron chi connectivity index (χ3n) is 4.52. The number of ether oxygens (including phenoxy) is 1. The minimum absolute atomic E-state index is 0.0980. The monoisotopic (exact) mass is 459 g/mol.